The van der Waals surface area contributed by atoms with E-state index in [0.717, 1.165) is 37.9 Å². The standard InChI is InChI=1S/C16H29N3O/c20-16(12-7-8-12)19-11-10-18-14-5-2-1-4-13(14)15-6-3-9-17-15/h12-15,17-18H,1-11H2,(H,19,20). The van der Waals surface area contributed by atoms with Crippen molar-refractivity contribution < 1.29 is 4.79 Å². The fourth-order valence-corrected chi connectivity index (χ4v) is 3.90. The molecule has 3 unspecified atom stereocenters. The molecule has 2 aliphatic carbocycles. The third-order valence-corrected chi connectivity index (χ3v) is 5.21. The van der Waals surface area contributed by atoms with Crippen LogP contribution in [0.4, 0.5) is 0 Å². The number of carbonyl (C=O) groups is 1. The highest BCUT2D eigenvalue weighted by atomic mass is 16.2. The van der Waals surface area contributed by atoms with Gasteiger partial charge in [-0.1, -0.05) is 12.8 Å². The summed E-state index contributed by atoms with van der Waals surface area (Å²) in [5.41, 5.74) is 0. The number of carbonyl (C=O) groups excluding carboxylic acids is 1. The molecule has 4 nitrogen and oxygen atoms in total. The Morgan fingerprint density at radius 3 is 2.60 bits per heavy atom. The molecule has 3 aliphatic rings. The number of amides is 1. The van der Waals surface area contributed by atoms with Crippen LogP contribution in [0.15, 0.2) is 0 Å². The van der Waals surface area contributed by atoms with Crippen LogP contribution in [0.3, 0.4) is 0 Å². The van der Waals surface area contributed by atoms with E-state index >= 15 is 0 Å². The summed E-state index contributed by atoms with van der Waals surface area (Å²) in [6.07, 6.45) is 10.3. The van der Waals surface area contributed by atoms with E-state index in [0.29, 0.717) is 12.0 Å². The molecule has 0 aromatic rings. The summed E-state index contributed by atoms with van der Waals surface area (Å²) in [6, 6.07) is 1.38. The lowest BCUT2D eigenvalue weighted by atomic mass is 9.79. The molecule has 0 spiro atoms. The molecule has 1 heterocycles. The average Bonchev–Trinajstić information content (AvgIpc) is 3.19. The largest absolute Gasteiger partial charge is 0.355 e. The van der Waals surface area contributed by atoms with Crippen molar-refractivity contribution in [1.29, 1.82) is 0 Å². The van der Waals surface area contributed by atoms with Gasteiger partial charge in [0.05, 0.1) is 0 Å². The van der Waals surface area contributed by atoms with Gasteiger partial charge in [-0.05, 0) is 51.0 Å². The van der Waals surface area contributed by atoms with E-state index in [-0.39, 0.29) is 5.91 Å². The van der Waals surface area contributed by atoms with Crippen LogP contribution in [0.5, 0.6) is 0 Å². The minimum absolute atomic E-state index is 0.268. The Balaban J connectivity index is 1.38. The lowest BCUT2D eigenvalue weighted by molar-refractivity contribution is -0.122. The van der Waals surface area contributed by atoms with E-state index in [1.165, 1.54) is 45.1 Å². The summed E-state index contributed by atoms with van der Waals surface area (Å²) >= 11 is 0. The van der Waals surface area contributed by atoms with Crippen LogP contribution in [-0.2, 0) is 4.79 Å². The van der Waals surface area contributed by atoms with Crippen LogP contribution < -0.4 is 16.0 Å². The molecule has 0 aromatic carbocycles. The maximum atomic E-state index is 11.6. The van der Waals surface area contributed by atoms with E-state index in [1.54, 1.807) is 0 Å². The normalized spacial score (nSPS) is 34.1. The monoisotopic (exact) mass is 279 g/mol. The van der Waals surface area contributed by atoms with Crippen LogP contribution in [-0.4, -0.2) is 37.6 Å². The summed E-state index contributed by atoms with van der Waals surface area (Å²) in [7, 11) is 0. The van der Waals surface area contributed by atoms with E-state index in [1.807, 2.05) is 0 Å². The minimum Gasteiger partial charge on any atom is -0.355 e. The number of nitrogens with one attached hydrogen (secondary N) is 3. The smallest absolute Gasteiger partial charge is 0.223 e. The predicted molar refractivity (Wildman–Crippen MR) is 80.5 cm³/mol. The third kappa shape index (κ3) is 3.73. The Morgan fingerprint density at radius 1 is 1.00 bits per heavy atom. The van der Waals surface area contributed by atoms with Crippen LogP contribution in [0.1, 0.15) is 51.4 Å². The highest BCUT2D eigenvalue weighted by Gasteiger charge is 2.33. The Labute approximate surface area is 122 Å². The first kappa shape index (κ1) is 14.3. The van der Waals surface area contributed by atoms with Crippen molar-refractivity contribution in [3.8, 4) is 0 Å². The molecule has 3 atom stereocenters. The van der Waals surface area contributed by atoms with E-state index in [9.17, 15) is 4.79 Å². The molecular formula is C16H29N3O. The van der Waals surface area contributed by atoms with Crippen molar-refractivity contribution in [2.24, 2.45) is 11.8 Å². The Hall–Kier alpha value is -0.610. The quantitative estimate of drug-likeness (QED) is 0.645. The molecule has 4 heteroatoms. The van der Waals surface area contributed by atoms with Gasteiger partial charge in [0.15, 0.2) is 0 Å². The van der Waals surface area contributed by atoms with E-state index in [4.69, 9.17) is 0 Å². The number of hydrogen-bond donors (Lipinski definition) is 3. The Bertz CT molecular complexity index is 324. The highest BCUT2D eigenvalue weighted by Crippen LogP contribution is 2.30. The summed E-state index contributed by atoms with van der Waals surface area (Å²) in [5.74, 6) is 1.40. The van der Waals surface area contributed by atoms with E-state index < -0.39 is 0 Å². The van der Waals surface area contributed by atoms with Gasteiger partial charge in [0.2, 0.25) is 5.91 Å². The summed E-state index contributed by atoms with van der Waals surface area (Å²) < 4.78 is 0. The zero-order chi connectivity index (χ0) is 13.8. The first-order valence-corrected chi connectivity index (χ1v) is 8.59. The molecule has 0 bridgehead atoms. The molecule has 1 amide bonds. The fourth-order valence-electron chi connectivity index (χ4n) is 3.90. The SMILES string of the molecule is O=C(NCCNC1CCCCC1C1CCCN1)C1CC1. The van der Waals surface area contributed by atoms with Gasteiger partial charge in [-0.15, -0.1) is 0 Å². The third-order valence-electron chi connectivity index (χ3n) is 5.21. The Morgan fingerprint density at radius 2 is 1.85 bits per heavy atom. The van der Waals surface area contributed by atoms with Gasteiger partial charge < -0.3 is 16.0 Å². The number of hydrogen-bond acceptors (Lipinski definition) is 3. The second kappa shape index (κ2) is 6.90. The molecular weight excluding hydrogens is 250 g/mol. The maximum Gasteiger partial charge on any atom is 0.223 e. The van der Waals surface area contributed by atoms with Gasteiger partial charge in [0, 0.05) is 31.1 Å². The number of rotatable bonds is 6. The van der Waals surface area contributed by atoms with Crippen molar-refractivity contribution in [3.05, 3.63) is 0 Å². The molecule has 3 fully saturated rings. The average molecular weight is 279 g/mol. The topological polar surface area (TPSA) is 53.2 Å². The maximum absolute atomic E-state index is 11.6. The molecule has 20 heavy (non-hydrogen) atoms. The second-order valence-electron chi connectivity index (χ2n) is 6.78. The summed E-state index contributed by atoms with van der Waals surface area (Å²) in [4.78, 5) is 11.6. The zero-order valence-electron chi connectivity index (χ0n) is 12.5. The molecule has 0 radical (unpaired) electrons. The summed E-state index contributed by atoms with van der Waals surface area (Å²) in [6.45, 7) is 2.91. The van der Waals surface area contributed by atoms with Crippen LogP contribution in [0.2, 0.25) is 0 Å². The van der Waals surface area contributed by atoms with Crippen molar-refractivity contribution >= 4 is 5.91 Å². The van der Waals surface area contributed by atoms with Crippen molar-refractivity contribution in [2.45, 2.75) is 63.5 Å². The molecule has 3 rings (SSSR count). The van der Waals surface area contributed by atoms with Gasteiger partial charge in [0.25, 0.3) is 0 Å². The zero-order valence-corrected chi connectivity index (χ0v) is 12.5. The van der Waals surface area contributed by atoms with Crippen LogP contribution in [0.25, 0.3) is 0 Å². The fraction of sp³-hybridized carbons (Fsp3) is 0.938. The van der Waals surface area contributed by atoms with Crippen molar-refractivity contribution in [2.75, 3.05) is 19.6 Å². The highest BCUT2D eigenvalue weighted by molar-refractivity contribution is 5.80. The van der Waals surface area contributed by atoms with E-state index in [2.05, 4.69) is 16.0 Å². The summed E-state index contributed by atoms with van der Waals surface area (Å²) in [5, 5.41) is 10.4. The first-order valence-electron chi connectivity index (χ1n) is 8.59. The van der Waals surface area contributed by atoms with Gasteiger partial charge in [-0.2, -0.15) is 0 Å². The van der Waals surface area contributed by atoms with Gasteiger partial charge >= 0.3 is 0 Å². The molecule has 0 aromatic heterocycles. The van der Waals surface area contributed by atoms with Gasteiger partial charge in [-0.25, -0.2) is 0 Å². The minimum atomic E-state index is 0.268. The van der Waals surface area contributed by atoms with Gasteiger partial charge in [-0.3, -0.25) is 4.79 Å². The molecule has 1 aliphatic heterocycles. The van der Waals surface area contributed by atoms with Crippen molar-refractivity contribution in [1.82, 2.24) is 16.0 Å². The molecule has 114 valence electrons. The van der Waals surface area contributed by atoms with Crippen LogP contribution in [0, 0.1) is 11.8 Å². The van der Waals surface area contributed by atoms with Gasteiger partial charge in [0.1, 0.15) is 0 Å². The molecule has 3 N–H and O–H groups in total. The molecule has 2 saturated carbocycles. The first-order chi connectivity index (χ1) is 9.84. The second-order valence-corrected chi connectivity index (χ2v) is 6.78. The predicted octanol–water partition coefficient (Wildman–Crippen LogP) is 1.41. The lowest BCUT2D eigenvalue weighted by Crippen LogP contribution is -2.48. The Kier molecular flexibility index (Phi) is 4.94. The molecule has 1 saturated heterocycles. The van der Waals surface area contributed by atoms with Crippen molar-refractivity contribution in [3.63, 3.8) is 0 Å². The van der Waals surface area contributed by atoms with Crippen LogP contribution >= 0.6 is 0 Å². The lowest BCUT2D eigenvalue weighted by Gasteiger charge is -2.36.